The summed E-state index contributed by atoms with van der Waals surface area (Å²) in [5.41, 5.74) is 0.311. The summed E-state index contributed by atoms with van der Waals surface area (Å²) in [6, 6.07) is 6.19. The Bertz CT molecular complexity index is 1540. The Labute approximate surface area is 217 Å². The minimum atomic E-state index is -3.47. The molecule has 0 atom stereocenters. The van der Waals surface area contributed by atoms with Gasteiger partial charge in [0.2, 0.25) is 15.9 Å². The molecule has 196 valence electrons. The highest BCUT2D eigenvalue weighted by atomic mass is 32.2. The van der Waals surface area contributed by atoms with E-state index in [-0.39, 0.29) is 53.0 Å². The van der Waals surface area contributed by atoms with Gasteiger partial charge in [-0.3, -0.25) is 9.59 Å². The molecular formula is C22H26N8O6S. The van der Waals surface area contributed by atoms with E-state index in [4.69, 9.17) is 13.4 Å². The van der Waals surface area contributed by atoms with Crippen LogP contribution in [0.3, 0.4) is 0 Å². The van der Waals surface area contributed by atoms with E-state index in [9.17, 15) is 18.0 Å². The Morgan fingerprint density at radius 1 is 1.27 bits per heavy atom. The predicted octanol–water partition coefficient (Wildman–Crippen LogP) is 1.38. The van der Waals surface area contributed by atoms with E-state index >= 15 is 0 Å². The van der Waals surface area contributed by atoms with Crippen LogP contribution in [0, 0.1) is 5.92 Å². The number of rotatable bonds is 10. The number of hydrogen-bond donors (Lipinski definition) is 3. The second kappa shape index (κ2) is 10.5. The van der Waals surface area contributed by atoms with Gasteiger partial charge in [-0.2, -0.15) is 9.29 Å². The summed E-state index contributed by atoms with van der Waals surface area (Å²) >= 11 is 0. The third kappa shape index (κ3) is 6.00. The van der Waals surface area contributed by atoms with Gasteiger partial charge >= 0.3 is 0 Å². The first kappa shape index (κ1) is 22.1. The Morgan fingerprint density at radius 3 is 2.73 bits per heavy atom. The Morgan fingerprint density at radius 2 is 2.05 bits per heavy atom. The van der Waals surface area contributed by atoms with Crippen molar-refractivity contribution >= 4 is 39.0 Å². The highest BCUT2D eigenvalue weighted by Gasteiger charge is 2.30. The summed E-state index contributed by atoms with van der Waals surface area (Å²) < 4.78 is 57.5. The molecule has 2 amide bonds. The van der Waals surface area contributed by atoms with Gasteiger partial charge in [0.15, 0.2) is 23.1 Å². The van der Waals surface area contributed by atoms with Crippen LogP contribution in [0.1, 0.15) is 33.3 Å². The van der Waals surface area contributed by atoms with Gasteiger partial charge in [0.05, 0.1) is 36.8 Å². The number of sulfonamides is 1. The van der Waals surface area contributed by atoms with Crippen molar-refractivity contribution in [3.63, 3.8) is 0 Å². The highest BCUT2D eigenvalue weighted by Crippen LogP contribution is 2.38. The number of ether oxygens (including phenoxy) is 1. The van der Waals surface area contributed by atoms with Crippen LogP contribution in [0.4, 0.5) is 17.2 Å². The fraction of sp³-hybridized carbons (Fsp3) is 0.364. The van der Waals surface area contributed by atoms with Crippen LogP contribution in [-0.2, 0) is 21.4 Å². The number of methoxy groups -OCH3 is 1. The molecule has 1 saturated carbocycles. The van der Waals surface area contributed by atoms with Crippen molar-refractivity contribution in [1.82, 2.24) is 30.0 Å². The lowest BCUT2D eigenvalue weighted by molar-refractivity contribution is -0.117. The normalized spacial score (nSPS) is 14.9. The van der Waals surface area contributed by atoms with E-state index in [1.54, 1.807) is 18.2 Å². The van der Waals surface area contributed by atoms with Crippen molar-refractivity contribution in [2.45, 2.75) is 19.4 Å². The smallest absolute Gasteiger partial charge is 0.273 e. The first-order valence-corrected chi connectivity index (χ1v) is 12.8. The molecule has 0 saturated heterocycles. The van der Waals surface area contributed by atoms with Gasteiger partial charge in [-0.1, -0.05) is 11.2 Å². The van der Waals surface area contributed by atoms with Gasteiger partial charge in [0, 0.05) is 30.1 Å². The number of carbonyl (C=O) groups excluding carboxylic acids is 2. The average molecular weight is 534 g/mol. The zero-order valence-corrected chi connectivity index (χ0v) is 20.9. The number of anilines is 3. The lowest BCUT2D eigenvalue weighted by Crippen LogP contribution is -2.25. The molecule has 1 fully saturated rings. The van der Waals surface area contributed by atoms with Crippen molar-refractivity contribution in [3.8, 4) is 17.2 Å². The van der Waals surface area contributed by atoms with E-state index in [2.05, 4.69) is 31.0 Å². The largest absolute Gasteiger partial charge is 0.494 e. The number of carbonyl (C=O) groups is 2. The summed E-state index contributed by atoms with van der Waals surface area (Å²) in [5.74, 6) is -0.988. The van der Waals surface area contributed by atoms with Gasteiger partial charge < -0.3 is 25.2 Å². The molecular weight excluding hydrogens is 504 g/mol. The summed E-state index contributed by atoms with van der Waals surface area (Å²) in [4.78, 5) is 29.2. The van der Waals surface area contributed by atoms with E-state index in [1.807, 2.05) is 5.32 Å². The van der Waals surface area contributed by atoms with E-state index in [0.29, 0.717) is 11.3 Å². The molecule has 2 aromatic heterocycles. The number of para-hydroxylation sites is 1. The number of aromatic nitrogens is 4. The third-order valence-electron chi connectivity index (χ3n) is 5.44. The van der Waals surface area contributed by atoms with Crippen LogP contribution < -0.4 is 20.7 Å². The lowest BCUT2D eigenvalue weighted by atomic mass is 10.1. The third-order valence-corrected chi connectivity index (χ3v) is 6.70. The molecule has 37 heavy (non-hydrogen) atoms. The SMILES string of the molecule is [2H]C([2H])([2H])NC(=O)c1nnc(NC(=O)C2CC2)cc1Nc1cccc(-c2nc(CN(C)S(C)(=O)=O)no2)c1OC. The van der Waals surface area contributed by atoms with Crippen molar-refractivity contribution in [3.05, 3.63) is 35.8 Å². The first-order valence-electron chi connectivity index (χ1n) is 12.4. The molecule has 4 rings (SSSR count). The standard InChI is InChI=1S/C22H26N8O6S/c1-23-21(32)18-15(10-16(27-28-18)25-20(31)12-8-9-12)24-14-7-5-6-13(19(14)35-3)22-26-17(29-36-22)11-30(2)37(4,33)34/h5-7,10,12H,8-9,11H2,1-4H3,(H,23,32)(H2,24,25,27,31)/i1D3. The fourth-order valence-corrected chi connectivity index (χ4v) is 3.61. The van der Waals surface area contributed by atoms with E-state index in [0.717, 1.165) is 23.4 Å². The Kier molecular flexibility index (Phi) is 6.26. The first-order chi connectivity index (χ1) is 18.7. The number of nitrogens with zero attached hydrogens (tertiary/aromatic N) is 5. The molecule has 0 spiro atoms. The van der Waals surface area contributed by atoms with Crippen LogP contribution in [-0.4, -0.2) is 72.3 Å². The maximum Gasteiger partial charge on any atom is 0.273 e. The Hall–Kier alpha value is -4.11. The van der Waals surface area contributed by atoms with Crippen molar-refractivity contribution in [1.29, 1.82) is 0 Å². The maximum absolute atomic E-state index is 12.7. The summed E-state index contributed by atoms with van der Waals surface area (Å²) in [6.45, 7) is -2.91. The van der Waals surface area contributed by atoms with Gasteiger partial charge in [0.1, 0.15) is 0 Å². The molecule has 0 bridgehead atoms. The Balaban J connectivity index is 1.68. The van der Waals surface area contributed by atoms with Crippen LogP contribution in [0.15, 0.2) is 28.8 Å². The summed E-state index contributed by atoms with van der Waals surface area (Å²) in [7, 11) is -0.716. The predicted molar refractivity (Wildman–Crippen MR) is 133 cm³/mol. The molecule has 3 N–H and O–H groups in total. The fourth-order valence-electron chi connectivity index (χ4n) is 3.26. The second-order valence-electron chi connectivity index (χ2n) is 8.26. The summed E-state index contributed by atoms with van der Waals surface area (Å²) in [6.07, 6.45) is 2.57. The molecule has 0 unspecified atom stereocenters. The minimum Gasteiger partial charge on any atom is -0.494 e. The zero-order chi connectivity index (χ0) is 29.2. The van der Waals surface area contributed by atoms with Gasteiger partial charge in [-0.15, -0.1) is 10.2 Å². The number of nitrogens with one attached hydrogen (secondary N) is 3. The van der Waals surface area contributed by atoms with E-state index in [1.165, 1.54) is 20.2 Å². The van der Waals surface area contributed by atoms with Crippen LogP contribution >= 0.6 is 0 Å². The van der Waals surface area contributed by atoms with Gasteiger partial charge in [-0.25, -0.2) is 8.42 Å². The number of hydrogen-bond acceptors (Lipinski definition) is 11. The van der Waals surface area contributed by atoms with Crippen molar-refractivity contribution in [2.75, 3.05) is 38.0 Å². The lowest BCUT2D eigenvalue weighted by Gasteiger charge is -2.16. The monoisotopic (exact) mass is 533 g/mol. The summed E-state index contributed by atoms with van der Waals surface area (Å²) in [5, 5.41) is 19.0. The topological polar surface area (TPSA) is 182 Å². The second-order valence-corrected chi connectivity index (χ2v) is 10.3. The average Bonchev–Trinajstić information content (AvgIpc) is 3.61. The molecule has 3 aromatic rings. The van der Waals surface area contributed by atoms with Crippen LogP contribution in [0.5, 0.6) is 5.75 Å². The molecule has 1 aliphatic carbocycles. The molecule has 0 aliphatic heterocycles. The van der Waals surface area contributed by atoms with Gasteiger partial charge in [-0.05, 0) is 25.0 Å². The van der Waals surface area contributed by atoms with Crippen molar-refractivity contribution in [2.24, 2.45) is 5.92 Å². The zero-order valence-electron chi connectivity index (χ0n) is 23.1. The number of amides is 2. The molecule has 2 heterocycles. The number of benzene rings is 1. The van der Waals surface area contributed by atoms with Gasteiger partial charge in [0.25, 0.3) is 11.8 Å². The van der Waals surface area contributed by atoms with Crippen LogP contribution in [0.25, 0.3) is 11.5 Å². The van der Waals surface area contributed by atoms with Crippen molar-refractivity contribution < 1.29 is 31.4 Å². The molecule has 1 aromatic carbocycles. The maximum atomic E-state index is 12.7. The molecule has 0 radical (unpaired) electrons. The quantitative estimate of drug-likeness (QED) is 0.342. The highest BCUT2D eigenvalue weighted by molar-refractivity contribution is 7.88. The van der Waals surface area contributed by atoms with Crippen LogP contribution in [0.2, 0.25) is 0 Å². The molecule has 15 heteroatoms. The molecule has 1 aliphatic rings. The molecule has 14 nitrogen and oxygen atoms in total. The minimum absolute atomic E-state index is 0.0271. The van der Waals surface area contributed by atoms with E-state index < -0.39 is 22.9 Å².